The van der Waals surface area contributed by atoms with Crippen LogP contribution in [-0.2, 0) is 30.7 Å². The van der Waals surface area contributed by atoms with Gasteiger partial charge >= 0.3 is 0 Å². The molecular weight excluding hydrogens is 370 g/mol. The van der Waals surface area contributed by atoms with E-state index in [-0.39, 0.29) is 42.1 Å². The lowest BCUT2D eigenvalue weighted by Gasteiger charge is -2.40. The number of amides is 2. The van der Waals surface area contributed by atoms with Gasteiger partial charge in [-0.3, -0.25) is 14.6 Å². The topological polar surface area (TPSA) is 106 Å². The Morgan fingerprint density at radius 3 is 2.93 bits per heavy atom. The third-order valence-electron chi connectivity index (χ3n) is 5.08. The van der Waals surface area contributed by atoms with E-state index in [0.717, 1.165) is 18.2 Å². The van der Waals surface area contributed by atoms with Crippen LogP contribution in [0.4, 0.5) is 0 Å². The number of carbonyl (C=O) groups is 2. The Bertz CT molecular complexity index is 783. The van der Waals surface area contributed by atoms with Crippen LogP contribution < -0.4 is 5.32 Å². The Morgan fingerprint density at radius 1 is 1.41 bits per heavy atom. The van der Waals surface area contributed by atoms with E-state index in [4.69, 9.17) is 4.74 Å². The summed E-state index contributed by atoms with van der Waals surface area (Å²) in [6.45, 7) is 1.22. The zero-order valence-electron chi connectivity index (χ0n) is 15.3. The summed E-state index contributed by atoms with van der Waals surface area (Å²) >= 11 is 0. The van der Waals surface area contributed by atoms with E-state index in [9.17, 15) is 18.0 Å². The molecule has 0 bridgehead atoms. The first-order chi connectivity index (χ1) is 12.8. The number of hydrogen-bond donors (Lipinski definition) is 1. The van der Waals surface area contributed by atoms with Crippen molar-refractivity contribution in [3.05, 3.63) is 30.1 Å². The quantitative estimate of drug-likeness (QED) is 0.734. The molecule has 2 aliphatic rings. The number of hydrogen-bond acceptors (Lipinski definition) is 6. The molecule has 0 unspecified atom stereocenters. The van der Waals surface area contributed by atoms with Gasteiger partial charge in [0.05, 0.1) is 23.8 Å². The Balaban J connectivity index is 1.62. The number of aromatic nitrogens is 1. The molecule has 148 valence electrons. The molecule has 1 aromatic heterocycles. The van der Waals surface area contributed by atoms with Crippen LogP contribution >= 0.6 is 0 Å². The van der Waals surface area contributed by atoms with Crippen molar-refractivity contribution in [2.45, 2.75) is 38.0 Å². The minimum Gasteiger partial charge on any atom is -0.376 e. The number of piperidine rings is 1. The minimum absolute atomic E-state index is 0.0634. The van der Waals surface area contributed by atoms with E-state index < -0.39 is 9.84 Å². The van der Waals surface area contributed by atoms with Crippen molar-refractivity contribution in [3.63, 3.8) is 0 Å². The van der Waals surface area contributed by atoms with Gasteiger partial charge in [0.15, 0.2) is 0 Å². The van der Waals surface area contributed by atoms with Gasteiger partial charge in [-0.25, -0.2) is 8.42 Å². The number of likely N-dealkylation sites (tertiary alicyclic amines) is 1. The summed E-state index contributed by atoms with van der Waals surface area (Å²) in [5.41, 5.74) is 0.901. The van der Waals surface area contributed by atoms with Gasteiger partial charge in [-0.05, 0) is 24.5 Å². The van der Waals surface area contributed by atoms with Crippen molar-refractivity contribution >= 4 is 21.7 Å². The third-order valence-corrected chi connectivity index (χ3v) is 6.02. The van der Waals surface area contributed by atoms with Crippen molar-refractivity contribution in [2.75, 3.05) is 25.2 Å². The first-order valence-corrected chi connectivity index (χ1v) is 11.1. The maximum Gasteiger partial charge on any atom is 0.225 e. The van der Waals surface area contributed by atoms with E-state index in [0.29, 0.717) is 26.1 Å². The molecule has 0 saturated carbocycles. The highest BCUT2D eigenvalue weighted by Gasteiger charge is 2.44. The molecule has 2 saturated heterocycles. The van der Waals surface area contributed by atoms with Crippen LogP contribution in [0.1, 0.15) is 24.8 Å². The molecule has 1 N–H and O–H groups in total. The monoisotopic (exact) mass is 395 g/mol. The van der Waals surface area contributed by atoms with Gasteiger partial charge in [-0.15, -0.1) is 0 Å². The lowest BCUT2D eigenvalue weighted by Crippen LogP contribution is -2.55. The largest absolute Gasteiger partial charge is 0.376 e. The SMILES string of the molecule is CS(=O)(=O)CCC(=O)N1C[C@@H](C(=O)NCc2cccnc2)C[C@H]2OCC[C@H]21. The Kier molecular flexibility index (Phi) is 6.11. The van der Waals surface area contributed by atoms with Gasteiger partial charge in [0.1, 0.15) is 9.84 Å². The highest BCUT2D eigenvalue weighted by molar-refractivity contribution is 7.90. The number of pyridine rings is 1. The molecule has 3 rings (SSSR count). The number of ether oxygens (including phenoxy) is 1. The first-order valence-electron chi connectivity index (χ1n) is 9.09. The van der Waals surface area contributed by atoms with Crippen molar-refractivity contribution in [3.8, 4) is 0 Å². The summed E-state index contributed by atoms with van der Waals surface area (Å²) < 4.78 is 28.5. The molecule has 8 nitrogen and oxygen atoms in total. The van der Waals surface area contributed by atoms with Crippen LogP contribution in [0, 0.1) is 5.92 Å². The lowest BCUT2D eigenvalue weighted by molar-refractivity contribution is -0.142. The molecule has 9 heteroatoms. The van der Waals surface area contributed by atoms with E-state index in [1.54, 1.807) is 23.4 Å². The predicted molar refractivity (Wildman–Crippen MR) is 98.4 cm³/mol. The standard InChI is InChI=1S/C18H25N3O5S/c1-27(24,25)8-5-17(22)21-12-14(9-16-15(21)4-7-26-16)18(23)20-11-13-3-2-6-19-10-13/h2-3,6,10,14-16H,4-5,7-9,11-12H2,1H3,(H,20,23)/t14-,15+,16+/m0/s1. The van der Waals surface area contributed by atoms with Gasteiger partial charge in [0.25, 0.3) is 0 Å². The van der Waals surface area contributed by atoms with Gasteiger partial charge in [-0.2, -0.15) is 0 Å². The Morgan fingerprint density at radius 2 is 2.22 bits per heavy atom. The second kappa shape index (κ2) is 8.35. The summed E-state index contributed by atoms with van der Waals surface area (Å²) in [5.74, 6) is -0.916. The van der Waals surface area contributed by atoms with E-state index in [1.165, 1.54) is 0 Å². The number of nitrogens with zero attached hydrogens (tertiary/aromatic N) is 2. The average molecular weight is 395 g/mol. The van der Waals surface area contributed by atoms with Crippen LogP contribution in [-0.4, -0.2) is 67.4 Å². The highest BCUT2D eigenvalue weighted by atomic mass is 32.2. The summed E-state index contributed by atoms with van der Waals surface area (Å²) in [6, 6.07) is 3.62. The van der Waals surface area contributed by atoms with E-state index in [2.05, 4.69) is 10.3 Å². The number of sulfone groups is 1. The zero-order chi connectivity index (χ0) is 19.4. The molecule has 27 heavy (non-hydrogen) atoms. The predicted octanol–water partition coefficient (Wildman–Crippen LogP) is 0.139. The van der Waals surface area contributed by atoms with Gasteiger partial charge < -0.3 is 15.0 Å². The fourth-order valence-electron chi connectivity index (χ4n) is 3.68. The second-order valence-electron chi connectivity index (χ2n) is 7.20. The average Bonchev–Trinajstić information content (AvgIpc) is 3.12. The summed E-state index contributed by atoms with van der Waals surface area (Å²) in [4.78, 5) is 30.9. The first kappa shape index (κ1) is 19.8. The summed E-state index contributed by atoms with van der Waals surface area (Å²) in [7, 11) is -3.21. The molecule has 2 amide bonds. The van der Waals surface area contributed by atoms with Gasteiger partial charge in [0, 0.05) is 44.8 Å². The molecule has 0 aliphatic carbocycles. The van der Waals surface area contributed by atoms with Crippen molar-refractivity contribution in [1.29, 1.82) is 0 Å². The van der Waals surface area contributed by atoms with Crippen LogP contribution in [0.15, 0.2) is 24.5 Å². The van der Waals surface area contributed by atoms with E-state index in [1.807, 2.05) is 6.07 Å². The van der Waals surface area contributed by atoms with E-state index >= 15 is 0 Å². The molecule has 3 atom stereocenters. The Hall–Kier alpha value is -2.00. The molecule has 0 radical (unpaired) electrons. The number of fused-ring (bicyclic) bond motifs is 1. The van der Waals surface area contributed by atoms with Crippen LogP contribution in [0.5, 0.6) is 0 Å². The smallest absolute Gasteiger partial charge is 0.225 e. The molecular formula is C18H25N3O5S. The second-order valence-corrected chi connectivity index (χ2v) is 9.46. The van der Waals surface area contributed by atoms with Crippen LogP contribution in [0.2, 0.25) is 0 Å². The Labute approximate surface area is 159 Å². The molecule has 2 aliphatic heterocycles. The van der Waals surface area contributed by atoms with Crippen LogP contribution in [0.3, 0.4) is 0 Å². The number of nitrogens with one attached hydrogen (secondary N) is 1. The zero-order valence-corrected chi connectivity index (χ0v) is 16.2. The number of carbonyl (C=O) groups excluding carboxylic acids is 2. The minimum atomic E-state index is -3.21. The molecule has 3 heterocycles. The molecule has 1 aromatic rings. The van der Waals surface area contributed by atoms with Crippen molar-refractivity contribution in [1.82, 2.24) is 15.2 Å². The normalized spacial score (nSPS) is 25.1. The molecule has 0 spiro atoms. The van der Waals surface area contributed by atoms with Gasteiger partial charge in [0.2, 0.25) is 11.8 Å². The maximum absolute atomic E-state index is 12.6. The van der Waals surface area contributed by atoms with Crippen LogP contribution in [0.25, 0.3) is 0 Å². The highest BCUT2D eigenvalue weighted by Crippen LogP contribution is 2.32. The molecule has 2 fully saturated rings. The van der Waals surface area contributed by atoms with Crippen molar-refractivity contribution < 1.29 is 22.7 Å². The fourth-order valence-corrected chi connectivity index (χ4v) is 4.22. The van der Waals surface area contributed by atoms with Crippen molar-refractivity contribution in [2.24, 2.45) is 5.92 Å². The molecule has 0 aromatic carbocycles. The summed E-state index contributed by atoms with van der Waals surface area (Å²) in [6.07, 6.45) is 5.54. The lowest BCUT2D eigenvalue weighted by atomic mass is 9.89. The third kappa shape index (κ3) is 5.26. The fraction of sp³-hybridized carbons (Fsp3) is 0.611. The summed E-state index contributed by atoms with van der Waals surface area (Å²) in [5, 5.41) is 2.90. The number of rotatable bonds is 6. The maximum atomic E-state index is 12.6. The van der Waals surface area contributed by atoms with Gasteiger partial charge in [-0.1, -0.05) is 6.07 Å².